The van der Waals surface area contributed by atoms with E-state index in [0.717, 1.165) is 43.9 Å². The third-order valence-electron chi connectivity index (χ3n) is 5.43. The van der Waals surface area contributed by atoms with Crippen molar-refractivity contribution in [3.8, 4) is 11.5 Å². The van der Waals surface area contributed by atoms with Gasteiger partial charge >= 0.3 is 0 Å². The topological polar surface area (TPSA) is 93.0 Å². The minimum atomic E-state index is -0.545. The number of aromatic amines is 1. The van der Waals surface area contributed by atoms with Crippen molar-refractivity contribution in [3.05, 3.63) is 47.2 Å². The smallest absolute Gasteiger partial charge is 0.259 e. The Hall–Kier alpha value is -2.58. The van der Waals surface area contributed by atoms with Gasteiger partial charge in [-0.3, -0.25) is 15.0 Å². The van der Waals surface area contributed by atoms with E-state index in [9.17, 15) is 0 Å². The fourth-order valence-electron chi connectivity index (χ4n) is 3.62. The Bertz CT molecular complexity index is 877. The van der Waals surface area contributed by atoms with Crippen molar-refractivity contribution >= 4 is 0 Å². The van der Waals surface area contributed by atoms with Gasteiger partial charge in [0.05, 0.1) is 5.69 Å². The van der Waals surface area contributed by atoms with Crippen molar-refractivity contribution in [2.45, 2.75) is 38.8 Å². The zero-order chi connectivity index (χ0) is 18.9. The first-order chi connectivity index (χ1) is 13.1. The zero-order valence-corrected chi connectivity index (χ0v) is 15.9. The molecule has 1 fully saturated rings. The van der Waals surface area contributed by atoms with Crippen LogP contribution < -0.4 is 0 Å². The van der Waals surface area contributed by atoms with E-state index < -0.39 is 5.60 Å². The lowest BCUT2D eigenvalue weighted by molar-refractivity contribution is -0.0838. The third-order valence-corrected chi connectivity index (χ3v) is 5.43. The van der Waals surface area contributed by atoms with Crippen LogP contribution in [0.2, 0.25) is 0 Å². The van der Waals surface area contributed by atoms with Crippen LogP contribution >= 0.6 is 0 Å². The van der Waals surface area contributed by atoms with Gasteiger partial charge in [0.2, 0.25) is 5.82 Å². The predicted octanol–water partition coefficient (Wildman–Crippen LogP) is 2.61. The molecule has 0 radical (unpaired) electrons. The largest absolute Gasteiger partial charge is 0.368 e. The number of ether oxygens (including phenoxy) is 1. The molecule has 1 N–H and O–H groups in total. The average molecular weight is 368 g/mol. The van der Waals surface area contributed by atoms with Crippen molar-refractivity contribution in [2.75, 3.05) is 20.2 Å². The standard InChI is InChI=1S/C19H24N6O2/c1-13-15(14(2)23-22-13)12-25-10-7-19(26-3,8-11-25)18-21-17(24-27-18)16-6-4-5-9-20-16/h4-6,9H,7-8,10-12H2,1-3H3,(H,22,23). The van der Waals surface area contributed by atoms with E-state index >= 15 is 0 Å². The molecule has 8 nitrogen and oxygen atoms in total. The van der Waals surface area contributed by atoms with E-state index in [1.54, 1.807) is 13.3 Å². The predicted molar refractivity (Wildman–Crippen MR) is 98.8 cm³/mol. The van der Waals surface area contributed by atoms with Crippen LogP contribution in [-0.4, -0.2) is 50.4 Å². The van der Waals surface area contributed by atoms with E-state index in [1.165, 1.54) is 5.56 Å². The fraction of sp³-hybridized carbons (Fsp3) is 0.474. The maximum Gasteiger partial charge on any atom is 0.259 e. The highest BCUT2D eigenvalue weighted by Gasteiger charge is 2.41. The molecule has 0 aromatic carbocycles. The molecule has 0 amide bonds. The molecule has 0 atom stereocenters. The summed E-state index contributed by atoms with van der Waals surface area (Å²) in [5, 5.41) is 11.5. The van der Waals surface area contributed by atoms with Gasteiger partial charge in [0.15, 0.2) is 0 Å². The van der Waals surface area contributed by atoms with Crippen LogP contribution in [0.4, 0.5) is 0 Å². The third kappa shape index (κ3) is 3.38. The van der Waals surface area contributed by atoms with Crippen LogP contribution in [0.25, 0.3) is 11.5 Å². The highest BCUT2D eigenvalue weighted by atomic mass is 16.5. The number of pyridine rings is 1. The normalized spacial score (nSPS) is 17.3. The van der Waals surface area contributed by atoms with Crippen LogP contribution in [0.15, 0.2) is 28.9 Å². The van der Waals surface area contributed by atoms with E-state index in [0.29, 0.717) is 17.4 Å². The Morgan fingerprint density at radius 3 is 2.70 bits per heavy atom. The van der Waals surface area contributed by atoms with E-state index in [2.05, 4.69) is 37.1 Å². The van der Waals surface area contributed by atoms with Crippen molar-refractivity contribution < 1.29 is 9.26 Å². The number of aryl methyl sites for hydroxylation is 2. The van der Waals surface area contributed by atoms with Crippen molar-refractivity contribution in [2.24, 2.45) is 0 Å². The summed E-state index contributed by atoms with van der Waals surface area (Å²) < 4.78 is 11.5. The van der Waals surface area contributed by atoms with Crippen LogP contribution in [0.5, 0.6) is 0 Å². The molecule has 3 aromatic heterocycles. The van der Waals surface area contributed by atoms with Crippen LogP contribution in [0.1, 0.15) is 35.7 Å². The number of hydrogen-bond acceptors (Lipinski definition) is 7. The van der Waals surface area contributed by atoms with E-state index in [4.69, 9.17) is 9.26 Å². The molecule has 1 aliphatic rings. The molecule has 0 bridgehead atoms. The molecule has 3 aromatic rings. The number of nitrogens with one attached hydrogen (secondary N) is 1. The Balaban J connectivity index is 1.48. The molecule has 142 valence electrons. The lowest BCUT2D eigenvalue weighted by atomic mass is 9.90. The van der Waals surface area contributed by atoms with Crippen LogP contribution in [0, 0.1) is 13.8 Å². The van der Waals surface area contributed by atoms with Crippen molar-refractivity contribution in [1.82, 2.24) is 30.2 Å². The molecule has 1 saturated heterocycles. The number of H-pyrrole nitrogens is 1. The molecule has 0 saturated carbocycles. The zero-order valence-electron chi connectivity index (χ0n) is 15.9. The summed E-state index contributed by atoms with van der Waals surface area (Å²) in [5.41, 5.74) is 3.62. The first kappa shape index (κ1) is 17.8. The Morgan fingerprint density at radius 2 is 2.07 bits per heavy atom. The summed E-state index contributed by atoms with van der Waals surface area (Å²) in [7, 11) is 1.71. The lowest BCUT2D eigenvalue weighted by Crippen LogP contribution is -2.43. The lowest BCUT2D eigenvalue weighted by Gasteiger charge is -2.38. The first-order valence-corrected chi connectivity index (χ1v) is 9.15. The quantitative estimate of drug-likeness (QED) is 0.740. The molecule has 0 unspecified atom stereocenters. The first-order valence-electron chi connectivity index (χ1n) is 9.15. The Labute approximate surface area is 157 Å². The van der Waals surface area contributed by atoms with Crippen LogP contribution in [-0.2, 0) is 16.9 Å². The number of aromatic nitrogens is 5. The van der Waals surface area contributed by atoms with Gasteiger partial charge in [0, 0.05) is 44.2 Å². The Morgan fingerprint density at radius 1 is 1.26 bits per heavy atom. The SMILES string of the molecule is COC1(c2nc(-c3ccccn3)no2)CCN(Cc2c(C)n[nH]c2C)CC1. The van der Waals surface area contributed by atoms with Gasteiger partial charge in [0.1, 0.15) is 11.3 Å². The van der Waals surface area contributed by atoms with E-state index in [1.807, 2.05) is 25.1 Å². The average Bonchev–Trinajstić information content (AvgIpc) is 3.33. The second-order valence-electron chi connectivity index (χ2n) is 7.03. The summed E-state index contributed by atoms with van der Waals surface area (Å²) in [6.45, 7) is 6.77. The van der Waals surface area contributed by atoms with Gasteiger partial charge in [-0.15, -0.1) is 0 Å². The van der Waals surface area contributed by atoms with Gasteiger partial charge in [-0.25, -0.2) is 0 Å². The maximum absolute atomic E-state index is 5.88. The molecule has 0 aliphatic carbocycles. The number of likely N-dealkylation sites (tertiary alicyclic amines) is 1. The van der Waals surface area contributed by atoms with Gasteiger partial charge in [-0.1, -0.05) is 11.2 Å². The summed E-state index contributed by atoms with van der Waals surface area (Å²) in [6.07, 6.45) is 3.31. The molecule has 0 spiro atoms. The maximum atomic E-state index is 5.88. The Kier molecular flexibility index (Phi) is 4.75. The van der Waals surface area contributed by atoms with Gasteiger partial charge in [0.25, 0.3) is 5.89 Å². The highest BCUT2D eigenvalue weighted by molar-refractivity contribution is 5.47. The fourth-order valence-corrected chi connectivity index (χ4v) is 3.62. The molecule has 27 heavy (non-hydrogen) atoms. The number of piperidine rings is 1. The van der Waals surface area contributed by atoms with Gasteiger partial charge in [-0.2, -0.15) is 10.1 Å². The summed E-state index contributed by atoms with van der Waals surface area (Å²) >= 11 is 0. The number of hydrogen-bond donors (Lipinski definition) is 1. The van der Waals surface area contributed by atoms with Crippen LogP contribution in [0.3, 0.4) is 0 Å². The molecule has 4 heterocycles. The molecular formula is C19H24N6O2. The molecule has 1 aliphatic heterocycles. The number of methoxy groups -OCH3 is 1. The molecule has 4 rings (SSSR count). The molecule has 8 heteroatoms. The van der Waals surface area contributed by atoms with Gasteiger partial charge < -0.3 is 9.26 Å². The minimum absolute atomic E-state index is 0.495. The van der Waals surface area contributed by atoms with Crippen molar-refractivity contribution in [1.29, 1.82) is 0 Å². The number of nitrogens with zero attached hydrogens (tertiary/aromatic N) is 5. The minimum Gasteiger partial charge on any atom is -0.368 e. The van der Waals surface area contributed by atoms with E-state index in [-0.39, 0.29) is 0 Å². The molecular weight excluding hydrogens is 344 g/mol. The summed E-state index contributed by atoms with van der Waals surface area (Å²) in [6, 6.07) is 5.63. The summed E-state index contributed by atoms with van der Waals surface area (Å²) in [5.74, 6) is 1.02. The monoisotopic (exact) mass is 368 g/mol. The van der Waals surface area contributed by atoms with Crippen molar-refractivity contribution in [3.63, 3.8) is 0 Å². The van der Waals surface area contributed by atoms with Gasteiger partial charge in [-0.05, 0) is 38.8 Å². The number of rotatable bonds is 5. The second-order valence-corrected chi connectivity index (χ2v) is 7.03. The second kappa shape index (κ2) is 7.21. The summed E-state index contributed by atoms with van der Waals surface area (Å²) in [4.78, 5) is 11.3. The highest BCUT2D eigenvalue weighted by Crippen LogP contribution is 2.36.